The maximum absolute atomic E-state index is 5.92. The first-order chi connectivity index (χ1) is 8.86. The van der Waals surface area contributed by atoms with E-state index in [-0.39, 0.29) is 0 Å². The second-order valence-corrected chi connectivity index (χ2v) is 5.00. The Labute approximate surface area is 110 Å². The van der Waals surface area contributed by atoms with E-state index in [1.54, 1.807) is 7.11 Å². The molecule has 0 aliphatic carbocycles. The summed E-state index contributed by atoms with van der Waals surface area (Å²) in [6, 6.07) is 11.5. The Morgan fingerprint density at radius 3 is 2.78 bits per heavy atom. The largest absolute Gasteiger partial charge is 0.383 e. The van der Waals surface area contributed by atoms with Crippen LogP contribution in [0.5, 0.6) is 0 Å². The van der Waals surface area contributed by atoms with Crippen LogP contribution in [0.15, 0.2) is 30.3 Å². The van der Waals surface area contributed by atoms with Crippen molar-refractivity contribution in [2.45, 2.75) is 31.3 Å². The summed E-state index contributed by atoms with van der Waals surface area (Å²) in [7, 11) is 1.78. The third-order valence-corrected chi connectivity index (χ3v) is 3.85. The number of likely N-dealkylation sites (tertiary alicyclic amines) is 1. The van der Waals surface area contributed by atoms with Crippen molar-refractivity contribution in [2.75, 3.05) is 26.8 Å². The molecule has 1 saturated heterocycles. The molecule has 2 atom stereocenters. The molecule has 2 rings (SSSR count). The average molecular weight is 248 g/mol. The molecule has 0 saturated carbocycles. The second kappa shape index (κ2) is 6.88. The van der Waals surface area contributed by atoms with Crippen molar-refractivity contribution in [1.29, 1.82) is 0 Å². The van der Waals surface area contributed by atoms with Gasteiger partial charge in [0, 0.05) is 19.7 Å². The predicted molar refractivity (Wildman–Crippen MR) is 74.5 cm³/mol. The highest BCUT2D eigenvalue weighted by atomic mass is 16.5. The summed E-state index contributed by atoms with van der Waals surface area (Å²) < 4.78 is 5.42. The molecule has 2 N–H and O–H groups in total. The maximum Gasteiger partial charge on any atom is 0.0659 e. The first-order valence-corrected chi connectivity index (χ1v) is 6.86. The van der Waals surface area contributed by atoms with Gasteiger partial charge in [-0.25, -0.2) is 0 Å². The van der Waals surface area contributed by atoms with Crippen LogP contribution in [-0.4, -0.2) is 37.7 Å². The lowest BCUT2D eigenvalue weighted by Gasteiger charge is -2.40. The van der Waals surface area contributed by atoms with Crippen LogP contribution in [0.1, 0.15) is 30.9 Å². The number of ether oxygens (including phenoxy) is 1. The standard InChI is InChI=1S/C15H24N2O/c1-18-12-15(13-7-3-2-4-8-13)17-10-6-5-9-14(17)11-16/h2-4,7-8,14-15H,5-6,9-12,16H2,1H3. The summed E-state index contributed by atoms with van der Waals surface area (Å²) in [6.45, 7) is 2.61. The normalized spacial score (nSPS) is 22.9. The van der Waals surface area contributed by atoms with Gasteiger partial charge in [-0.1, -0.05) is 36.8 Å². The van der Waals surface area contributed by atoms with E-state index in [4.69, 9.17) is 10.5 Å². The highest BCUT2D eigenvalue weighted by Gasteiger charge is 2.28. The number of nitrogens with two attached hydrogens (primary N) is 1. The smallest absolute Gasteiger partial charge is 0.0659 e. The summed E-state index contributed by atoms with van der Waals surface area (Å²) in [5, 5.41) is 0. The Morgan fingerprint density at radius 1 is 1.33 bits per heavy atom. The van der Waals surface area contributed by atoms with Crippen LogP contribution in [0.4, 0.5) is 0 Å². The van der Waals surface area contributed by atoms with Gasteiger partial charge >= 0.3 is 0 Å². The zero-order valence-electron chi connectivity index (χ0n) is 11.2. The molecule has 0 aromatic heterocycles. The summed E-state index contributed by atoms with van der Waals surface area (Å²) in [5.41, 5.74) is 7.26. The Morgan fingerprint density at radius 2 is 2.11 bits per heavy atom. The van der Waals surface area contributed by atoms with Crippen LogP contribution in [0, 0.1) is 0 Å². The summed E-state index contributed by atoms with van der Waals surface area (Å²) in [4.78, 5) is 2.53. The molecule has 1 heterocycles. The van der Waals surface area contributed by atoms with Gasteiger partial charge in [0.2, 0.25) is 0 Å². The third-order valence-electron chi connectivity index (χ3n) is 3.85. The number of rotatable bonds is 5. The van der Waals surface area contributed by atoms with E-state index in [1.165, 1.54) is 24.8 Å². The maximum atomic E-state index is 5.92. The van der Waals surface area contributed by atoms with Gasteiger partial charge in [-0.2, -0.15) is 0 Å². The van der Waals surface area contributed by atoms with Crippen molar-refractivity contribution >= 4 is 0 Å². The molecular weight excluding hydrogens is 224 g/mol. The van der Waals surface area contributed by atoms with Gasteiger partial charge in [-0.3, -0.25) is 4.90 Å². The molecule has 1 fully saturated rings. The molecule has 1 aromatic carbocycles. The van der Waals surface area contributed by atoms with Gasteiger partial charge in [0.05, 0.1) is 12.6 Å². The minimum absolute atomic E-state index is 0.338. The van der Waals surface area contributed by atoms with Crippen LogP contribution in [0.25, 0.3) is 0 Å². The van der Waals surface area contributed by atoms with E-state index in [0.29, 0.717) is 12.1 Å². The second-order valence-electron chi connectivity index (χ2n) is 5.00. The lowest BCUT2D eigenvalue weighted by atomic mass is 9.96. The fraction of sp³-hybridized carbons (Fsp3) is 0.600. The van der Waals surface area contributed by atoms with Gasteiger partial charge in [0.25, 0.3) is 0 Å². The number of nitrogens with zero attached hydrogens (tertiary/aromatic N) is 1. The Kier molecular flexibility index (Phi) is 5.17. The SMILES string of the molecule is COCC(c1ccccc1)N1CCCCC1CN. The van der Waals surface area contributed by atoms with Crippen molar-refractivity contribution in [3.8, 4) is 0 Å². The first kappa shape index (κ1) is 13.5. The highest BCUT2D eigenvalue weighted by Crippen LogP contribution is 2.28. The molecule has 0 spiro atoms. The lowest BCUT2D eigenvalue weighted by Crippen LogP contribution is -2.47. The molecule has 1 aliphatic heterocycles. The van der Waals surface area contributed by atoms with Gasteiger partial charge in [0.15, 0.2) is 0 Å². The van der Waals surface area contributed by atoms with Gasteiger partial charge in [0.1, 0.15) is 0 Å². The molecule has 3 heteroatoms. The van der Waals surface area contributed by atoms with Crippen molar-refractivity contribution in [1.82, 2.24) is 4.90 Å². The third kappa shape index (κ3) is 3.10. The van der Waals surface area contributed by atoms with E-state index < -0.39 is 0 Å². The van der Waals surface area contributed by atoms with E-state index in [1.807, 2.05) is 0 Å². The molecule has 1 aromatic rings. The average Bonchev–Trinajstić information content (AvgIpc) is 2.46. The number of hydrogen-bond acceptors (Lipinski definition) is 3. The lowest BCUT2D eigenvalue weighted by molar-refractivity contribution is 0.0424. The van der Waals surface area contributed by atoms with Crippen LogP contribution < -0.4 is 5.73 Å². The molecule has 0 radical (unpaired) electrons. The molecule has 3 nitrogen and oxygen atoms in total. The molecule has 1 aliphatic rings. The number of benzene rings is 1. The van der Waals surface area contributed by atoms with E-state index in [2.05, 4.69) is 35.2 Å². The Balaban J connectivity index is 2.18. The number of methoxy groups -OCH3 is 1. The highest BCUT2D eigenvalue weighted by molar-refractivity contribution is 5.19. The minimum atomic E-state index is 0.338. The Hall–Kier alpha value is -0.900. The van der Waals surface area contributed by atoms with Crippen molar-refractivity contribution in [3.05, 3.63) is 35.9 Å². The quantitative estimate of drug-likeness (QED) is 0.868. The van der Waals surface area contributed by atoms with Crippen molar-refractivity contribution < 1.29 is 4.74 Å². The van der Waals surface area contributed by atoms with Crippen molar-refractivity contribution in [3.63, 3.8) is 0 Å². The molecular formula is C15H24N2O. The van der Waals surface area contributed by atoms with E-state index >= 15 is 0 Å². The van der Waals surface area contributed by atoms with Gasteiger partial charge < -0.3 is 10.5 Å². The molecule has 18 heavy (non-hydrogen) atoms. The monoisotopic (exact) mass is 248 g/mol. The van der Waals surface area contributed by atoms with Gasteiger partial charge in [-0.05, 0) is 24.9 Å². The minimum Gasteiger partial charge on any atom is -0.383 e. The summed E-state index contributed by atoms with van der Waals surface area (Å²) in [5.74, 6) is 0. The van der Waals surface area contributed by atoms with E-state index in [9.17, 15) is 0 Å². The van der Waals surface area contributed by atoms with Crippen LogP contribution in [0.2, 0.25) is 0 Å². The van der Waals surface area contributed by atoms with Crippen molar-refractivity contribution in [2.24, 2.45) is 5.73 Å². The number of hydrogen-bond donors (Lipinski definition) is 1. The zero-order chi connectivity index (χ0) is 12.8. The molecule has 0 amide bonds. The van der Waals surface area contributed by atoms with E-state index in [0.717, 1.165) is 19.7 Å². The summed E-state index contributed by atoms with van der Waals surface area (Å²) in [6.07, 6.45) is 3.78. The van der Waals surface area contributed by atoms with Crippen LogP contribution in [0.3, 0.4) is 0 Å². The number of piperidine rings is 1. The molecule has 0 bridgehead atoms. The fourth-order valence-electron chi connectivity index (χ4n) is 2.90. The zero-order valence-corrected chi connectivity index (χ0v) is 11.2. The molecule has 2 unspecified atom stereocenters. The molecule has 100 valence electrons. The predicted octanol–water partition coefficient (Wildman–Crippen LogP) is 2.19. The van der Waals surface area contributed by atoms with Crippen LogP contribution in [-0.2, 0) is 4.74 Å². The van der Waals surface area contributed by atoms with Gasteiger partial charge in [-0.15, -0.1) is 0 Å². The topological polar surface area (TPSA) is 38.5 Å². The Bertz CT molecular complexity index is 342. The summed E-state index contributed by atoms with van der Waals surface area (Å²) >= 11 is 0. The first-order valence-electron chi connectivity index (χ1n) is 6.86. The van der Waals surface area contributed by atoms with Crippen LogP contribution >= 0.6 is 0 Å². The fourth-order valence-corrected chi connectivity index (χ4v) is 2.90.